The van der Waals surface area contributed by atoms with Gasteiger partial charge in [0.15, 0.2) is 0 Å². The number of benzene rings is 1. The summed E-state index contributed by atoms with van der Waals surface area (Å²) >= 11 is 3.23. The van der Waals surface area contributed by atoms with Crippen LogP contribution in [0.2, 0.25) is 0 Å². The van der Waals surface area contributed by atoms with Crippen LogP contribution in [-0.4, -0.2) is 12.8 Å². The molecule has 1 atom stereocenters. The van der Waals surface area contributed by atoms with Gasteiger partial charge in [0.1, 0.15) is 5.75 Å². The van der Waals surface area contributed by atoms with E-state index in [0.717, 1.165) is 4.47 Å². The lowest BCUT2D eigenvalue weighted by atomic mass is 10.1. The number of hydrogen-bond acceptors (Lipinski definition) is 2. The number of nitrogens with two attached hydrogens (primary N) is 1. The summed E-state index contributed by atoms with van der Waals surface area (Å²) in [6, 6.07) is 4.84. The fourth-order valence-electron chi connectivity index (χ4n) is 1.29. The van der Waals surface area contributed by atoms with E-state index in [1.807, 2.05) is 0 Å². The first-order valence-corrected chi connectivity index (χ1v) is 5.83. The smallest absolute Gasteiger partial charge is 0.392 e. The Balaban J connectivity index is 2.72. The summed E-state index contributed by atoms with van der Waals surface area (Å²) in [6.45, 7) is 1.35. The van der Waals surface area contributed by atoms with Crippen LogP contribution in [-0.2, 0) is 0 Å². The first kappa shape index (κ1) is 14.3. The highest BCUT2D eigenvalue weighted by Crippen LogP contribution is 2.28. The van der Waals surface area contributed by atoms with Gasteiger partial charge in [-0.15, -0.1) is 0 Å². The van der Waals surface area contributed by atoms with Crippen LogP contribution >= 0.6 is 15.9 Å². The first-order valence-electron chi connectivity index (χ1n) is 5.04. The fourth-order valence-corrected chi connectivity index (χ4v) is 1.63. The summed E-state index contributed by atoms with van der Waals surface area (Å²) in [5.41, 5.74) is 6.39. The molecule has 1 aromatic rings. The zero-order chi connectivity index (χ0) is 13.1. The summed E-state index contributed by atoms with van der Waals surface area (Å²) in [4.78, 5) is 0. The molecule has 0 fully saturated rings. The van der Waals surface area contributed by atoms with Gasteiger partial charge in [-0.25, -0.2) is 0 Å². The van der Waals surface area contributed by atoms with Gasteiger partial charge < -0.3 is 10.5 Å². The van der Waals surface area contributed by atoms with Gasteiger partial charge in [0, 0.05) is 16.1 Å². The maximum atomic E-state index is 12.0. The second-order valence-corrected chi connectivity index (χ2v) is 4.60. The van der Waals surface area contributed by atoms with E-state index in [2.05, 4.69) is 15.9 Å². The molecule has 17 heavy (non-hydrogen) atoms. The van der Waals surface area contributed by atoms with Gasteiger partial charge >= 0.3 is 6.18 Å². The zero-order valence-electron chi connectivity index (χ0n) is 9.22. The quantitative estimate of drug-likeness (QED) is 0.918. The Bertz CT molecular complexity index is 379. The molecular weight excluding hydrogens is 299 g/mol. The molecule has 0 saturated carbocycles. The highest BCUT2D eigenvalue weighted by atomic mass is 79.9. The van der Waals surface area contributed by atoms with E-state index in [9.17, 15) is 13.2 Å². The molecular formula is C11H13BrF3NO. The highest BCUT2D eigenvalue weighted by molar-refractivity contribution is 9.10. The van der Waals surface area contributed by atoms with Gasteiger partial charge in [0.2, 0.25) is 0 Å². The highest BCUT2D eigenvalue weighted by Gasteiger charge is 2.27. The van der Waals surface area contributed by atoms with Gasteiger partial charge in [0.25, 0.3) is 0 Å². The van der Waals surface area contributed by atoms with Gasteiger partial charge in [-0.3, -0.25) is 0 Å². The molecule has 1 rings (SSSR count). The van der Waals surface area contributed by atoms with Crippen molar-refractivity contribution in [3.8, 4) is 5.75 Å². The second kappa shape index (κ2) is 5.73. The summed E-state index contributed by atoms with van der Waals surface area (Å²) in [5.74, 6) is 0.388. The van der Waals surface area contributed by atoms with Crippen molar-refractivity contribution >= 4 is 15.9 Å². The Morgan fingerprint density at radius 1 is 1.41 bits per heavy atom. The largest absolute Gasteiger partial charge is 0.493 e. The monoisotopic (exact) mass is 311 g/mol. The third-order valence-corrected chi connectivity index (χ3v) is 2.60. The predicted molar refractivity (Wildman–Crippen MR) is 62.9 cm³/mol. The Morgan fingerprint density at radius 2 is 2.06 bits per heavy atom. The average Bonchev–Trinajstić information content (AvgIpc) is 2.15. The topological polar surface area (TPSA) is 35.2 Å². The SMILES string of the molecule is C[C@H](N)c1ccc(Br)cc1OCCC(F)(F)F. The molecule has 6 heteroatoms. The van der Waals surface area contributed by atoms with Crippen molar-refractivity contribution in [3.05, 3.63) is 28.2 Å². The molecule has 0 aliphatic carbocycles. The molecule has 0 aromatic heterocycles. The van der Waals surface area contributed by atoms with Crippen molar-refractivity contribution in [3.63, 3.8) is 0 Å². The number of ether oxygens (including phenoxy) is 1. The molecule has 0 amide bonds. The Morgan fingerprint density at radius 3 is 2.59 bits per heavy atom. The van der Waals surface area contributed by atoms with Gasteiger partial charge in [-0.2, -0.15) is 13.2 Å². The van der Waals surface area contributed by atoms with Crippen LogP contribution in [0.3, 0.4) is 0 Å². The first-order chi connectivity index (χ1) is 7.79. The second-order valence-electron chi connectivity index (χ2n) is 3.68. The molecule has 96 valence electrons. The average molecular weight is 312 g/mol. The van der Waals surface area contributed by atoms with Crippen LogP contribution < -0.4 is 10.5 Å². The lowest BCUT2D eigenvalue weighted by Crippen LogP contribution is -2.14. The molecule has 0 heterocycles. The van der Waals surface area contributed by atoms with E-state index in [1.165, 1.54) is 0 Å². The third-order valence-electron chi connectivity index (χ3n) is 2.11. The maximum Gasteiger partial charge on any atom is 0.392 e. The Kier molecular flexibility index (Phi) is 4.82. The van der Waals surface area contributed by atoms with Crippen molar-refractivity contribution in [1.29, 1.82) is 0 Å². The van der Waals surface area contributed by atoms with Crippen molar-refractivity contribution in [2.24, 2.45) is 5.73 Å². The maximum absolute atomic E-state index is 12.0. The van der Waals surface area contributed by atoms with Crippen LogP contribution in [0.15, 0.2) is 22.7 Å². The molecule has 0 radical (unpaired) electrons. The summed E-state index contributed by atoms with van der Waals surface area (Å²) in [6.07, 6.45) is -5.18. The van der Waals surface area contributed by atoms with Gasteiger partial charge in [-0.05, 0) is 19.1 Å². The van der Waals surface area contributed by atoms with E-state index in [4.69, 9.17) is 10.5 Å². The number of rotatable bonds is 4. The zero-order valence-corrected chi connectivity index (χ0v) is 10.8. The Labute approximate surface area is 106 Å². The van der Waals surface area contributed by atoms with Crippen LogP contribution in [0.5, 0.6) is 5.75 Å². The molecule has 0 spiro atoms. The van der Waals surface area contributed by atoms with Crippen LogP contribution in [0.1, 0.15) is 24.9 Å². The Hall–Kier alpha value is -0.750. The summed E-state index contributed by atoms with van der Waals surface area (Å²) in [5, 5.41) is 0. The third kappa shape index (κ3) is 4.95. The van der Waals surface area contributed by atoms with E-state index in [0.29, 0.717) is 11.3 Å². The van der Waals surface area contributed by atoms with Crippen molar-refractivity contribution in [2.45, 2.75) is 25.6 Å². The number of hydrogen-bond donors (Lipinski definition) is 1. The normalized spacial score (nSPS) is 13.5. The fraction of sp³-hybridized carbons (Fsp3) is 0.455. The number of alkyl halides is 3. The molecule has 0 unspecified atom stereocenters. The van der Waals surface area contributed by atoms with Gasteiger partial charge in [0.05, 0.1) is 13.0 Å². The van der Waals surface area contributed by atoms with E-state index in [1.54, 1.807) is 25.1 Å². The van der Waals surface area contributed by atoms with Crippen molar-refractivity contribution in [1.82, 2.24) is 0 Å². The molecule has 0 aliphatic rings. The molecule has 2 N–H and O–H groups in total. The van der Waals surface area contributed by atoms with E-state index < -0.39 is 19.2 Å². The van der Waals surface area contributed by atoms with E-state index in [-0.39, 0.29) is 6.04 Å². The summed E-state index contributed by atoms with van der Waals surface area (Å²) < 4.78 is 41.8. The molecule has 0 bridgehead atoms. The molecule has 0 saturated heterocycles. The molecule has 1 aromatic carbocycles. The minimum Gasteiger partial charge on any atom is -0.493 e. The van der Waals surface area contributed by atoms with Crippen molar-refractivity contribution in [2.75, 3.05) is 6.61 Å². The predicted octanol–water partition coefficient (Wildman–Crippen LogP) is 3.80. The van der Waals surface area contributed by atoms with Crippen LogP contribution in [0.4, 0.5) is 13.2 Å². The minimum atomic E-state index is -4.21. The lowest BCUT2D eigenvalue weighted by Gasteiger charge is -2.15. The number of halogens is 4. The van der Waals surface area contributed by atoms with E-state index >= 15 is 0 Å². The lowest BCUT2D eigenvalue weighted by molar-refractivity contribution is -0.139. The van der Waals surface area contributed by atoms with Crippen LogP contribution in [0, 0.1) is 0 Å². The minimum absolute atomic E-state index is 0.288. The molecule has 0 aliphatic heterocycles. The van der Waals surface area contributed by atoms with Crippen molar-refractivity contribution < 1.29 is 17.9 Å². The summed E-state index contributed by atoms with van der Waals surface area (Å²) in [7, 11) is 0. The molecule has 2 nitrogen and oxygen atoms in total. The van der Waals surface area contributed by atoms with Crippen LogP contribution in [0.25, 0.3) is 0 Å². The van der Waals surface area contributed by atoms with Gasteiger partial charge in [-0.1, -0.05) is 22.0 Å². The standard InChI is InChI=1S/C11H13BrF3NO/c1-7(16)9-3-2-8(12)6-10(9)17-5-4-11(13,14)15/h2-3,6-7H,4-5,16H2,1H3/t7-/m0/s1.